The fourth-order valence-electron chi connectivity index (χ4n) is 4.17. The van der Waals surface area contributed by atoms with E-state index in [1.807, 2.05) is 31.2 Å². The SMILES string of the molecule is COc1ccc(CN2C(=O)Cc3c(C)nc([C@@H]4CCN(C(=O)CNC(C)=O)C4)nc32)cc1. The van der Waals surface area contributed by atoms with Crippen molar-refractivity contribution < 1.29 is 19.1 Å². The Hall–Kier alpha value is -3.49. The van der Waals surface area contributed by atoms with Crippen LogP contribution in [-0.4, -0.2) is 59.3 Å². The summed E-state index contributed by atoms with van der Waals surface area (Å²) in [6.45, 7) is 4.82. The lowest BCUT2D eigenvalue weighted by Gasteiger charge is -2.19. The number of anilines is 1. The van der Waals surface area contributed by atoms with Crippen LogP contribution in [-0.2, 0) is 27.3 Å². The van der Waals surface area contributed by atoms with E-state index in [2.05, 4.69) is 10.3 Å². The highest BCUT2D eigenvalue weighted by Gasteiger charge is 2.34. The molecule has 2 aromatic rings. The van der Waals surface area contributed by atoms with Gasteiger partial charge in [0.25, 0.3) is 0 Å². The van der Waals surface area contributed by atoms with Crippen molar-refractivity contribution in [3.8, 4) is 5.75 Å². The van der Waals surface area contributed by atoms with E-state index in [0.29, 0.717) is 37.7 Å². The molecule has 0 unspecified atom stereocenters. The van der Waals surface area contributed by atoms with Gasteiger partial charge in [0.1, 0.15) is 17.4 Å². The van der Waals surface area contributed by atoms with E-state index >= 15 is 0 Å². The maximum absolute atomic E-state index is 12.8. The summed E-state index contributed by atoms with van der Waals surface area (Å²) in [5, 5.41) is 2.55. The third-order valence-corrected chi connectivity index (χ3v) is 5.99. The number of carbonyl (C=O) groups is 3. The lowest BCUT2D eigenvalue weighted by Crippen LogP contribution is -2.38. The van der Waals surface area contributed by atoms with E-state index in [-0.39, 0.29) is 30.2 Å². The number of carbonyl (C=O) groups excluding carboxylic acids is 3. The first-order chi connectivity index (χ1) is 15.4. The standard InChI is InChI=1S/C23H27N5O4/c1-14-19-10-20(30)28(12-16-4-6-18(32-3)7-5-16)23(19)26-22(25-14)17-8-9-27(13-17)21(31)11-24-15(2)29/h4-7,17H,8-13H2,1-3H3,(H,24,29)/t17-/m1/s1. The molecule has 9 nitrogen and oxygen atoms in total. The molecular formula is C23H27N5O4. The van der Waals surface area contributed by atoms with Crippen LogP contribution in [0.1, 0.15) is 41.9 Å². The molecule has 2 aliphatic heterocycles. The first-order valence-electron chi connectivity index (χ1n) is 10.7. The second-order valence-electron chi connectivity index (χ2n) is 8.21. The van der Waals surface area contributed by atoms with E-state index in [4.69, 9.17) is 9.72 Å². The Morgan fingerprint density at radius 1 is 1.22 bits per heavy atom. The number of aromatic nitrogens is 2. The molecule has 1 fully saturated rings. The van der Waals surface area contributed by atoms with Crippen LogP contribution in [0.25, 0.3) is 0 Å². The van der Waals surface area contributed by atoms with Gasteiger partial charge in [-0.2, -0.15) is 0 Å². The van der Waals surface area contributed by atoms with Crippen molar-refractivity contribution in [2.24, 2.45) is 0 Å². The molecule has 0 spiro atoms. The molecule has 1 saturated heterocycles. The largest absolute Gasteiger partial charge is 0.497 e. The Balaban J connectivity index is 1.52. The molecule has 4 rings (SSSR count). The minimum absolute atomic E-state index is 0.00110. The van der Waals surface area contributed by atoms with E-state index in [1.54, 1.807) is 16.9 Å². The van der Waals surface area contributed by atoms with E-state index < -0.39 is 0 Å². The van der Waals surface area contributed by atoms with Crippen molar-refractivity contribution >= 4 is 23.5 Å². The number of benzene rings is 1. The predicted molar refractivity (Wildman–Crippen MR) is 117 cm³/mol. The quantitative estimate of drug-likeness (QED) is 0.731. The van der Waals surface area contributed by atoms with Crippen LogP contribution in [0, 0.1) is 6.92 Å². The summed E-state index contributed by atoms with van der Waals surface area (Å²) in [7, 11) is 1.62. The zero-order chi connectivity index (χ0) is 22.8. The Morgan fingerprint density at radius 2 is 1.97 bits per heavy atom. The number of nitrogens with one attached hydrogen (secondary N) is 1. The molecule has 0 saturated carbocycles. The maximum Gasteiger partial charge on any atom is 0.241 e. The van der Waals surface area contributed by atoms with Crippen molar-refractivity contribution in [1.29, 1.82) is 0 Å². The second-order valence-corrected chi connectivity index (χ2v) is 8.21. The molecule has 0 radical (unpaired) electrons. The van der Waals surface area contributed by atoms with Crippen molar-refractivity contribution in [3.63, 3.8) is 0 Å². The van der Waals surface area contributed by atoms with Gasteiger partial charge in [-0.05, 0) is 31.0 Å². The van der Waals surface area contributed by atoms with Crippen molar-refractivity contribution in [3.05, 3.63) is 46.9 Å². The number of likely N-dealkylation sites (tertiary alicyclic amines) is 1. The minimum Gasteiger partial charge on any atom is -0.497 e. The highest BCUT2D eigenvalue weighted by atomic mass is 16.5. The van der Waals surface area contributed by atoms with Gasteiger partial charge in [-0.25, -0.2) is 9.97 Å². The Labute approximate surface area is 186 Å². The van der Waals surface area contributed by atoms with Gasteiger partial charge in [0.2, 0.25) is 17.7 Å². The van der Waals surface area contributed by atoms with Crippen LogP contribution in [0.3, 0.4) is 0 Å². The molecule has 2 aliphatic rings. The smallest absolute Gasteiger partial charge is 0.241 e. The number of hydrogen-bond donors (Lipinski definition) is 1. The van der Waals surface area contributed by atoms with Crippen molar-refractivity contribution in [1.82, 2.24) is 20.2 Å². The lowest BCUT2D eigenvalue weighted by molar-refractivity contribution is -0.131. The molecule has 0 aliphatic carbocycles. The molecular weight excluding hydrogens is 410 g/mol. The molecule has 3 amide bonds. The van der Waals surface area contributed by atoms with Gasteiger partial charge in [-0.1, -0.05) is 12.1 Å². The number of aryl methyl sites for hydroxylation is 1. The fourth-order valence-corrected chi connectivity index (χ4v) is 4.17. The average Bonchev–Trinajstić information content (AvgIpc) is 3.39. The van der Waals surface area contributed by atoms with Crippen LogP contribution in [0.2, 0.25) is 0 Å². The van der Waals surface area contributed by atoms with Gasteiger partial charge in [-0.3, -0.25) is 19.3 Å². The van der Waals surface area contributed by atoms with Gasteiger partial charge in [0.05, 0.1) is 26.6 Å². The fraction of sp³-hybridized carbons (Fsp3) is 0.435. The summed E-state index contributed by atoms with van der Waals surface area (Å²) in [6.07, 6.45) is 1.04. The van der Waals surface area contributed by atoms with Crippen molar-refractivity contribution in [2.45, 2.75) is 39.2 Å². The number of methoxy groups -OCH3 is 1. The van der Waals surface area contributed by atoms with E-state index in [9.17, 15) is 14.4 Å². The molecule has 1 N–H and O–H groups in total. The maximum atomic E-state index is 12.8. The monoisotopic (exact) mass is 437 g/mol. The summed E-state index contributed by atoms with van der Waals surface area (Å²) in [4.78, 5) is 49.1. The number of amides is 3. The molecule has 32 heavy (non-hydrogen) atoms. The highest BCUT2D eigenvalue weighted by molar-refractivity contribution is 6.00. The second kappa shape index (κ2) is 8.94. The zero-order valence-electron chi connectivity index (χ0n) is 18.6. The number of hydrogen-bond acceptors (Lipinski definition) is 6. The van der Waals surface area contributed by atoms with Crippen LogP contribution in [0.4, 0.5) is 5.82 Å². The zero-order valence-corrected chi connectivity index (χ0v) is 18.6. The van der Waals surface area contributed by atoms with Gasteiger partial charge >= 0.3 is 0 Å². The third-order valence-electron chi connectivity index (χ3n) is 5.99. The van der Waals surface area contributed by atoms with Crippen LogP contribution < -0.4 is 15.0 Å². The van der Waals surface area contributed by atoms with Crippen LogP contribution in [0.15, 0.2) is 24.3 Å². The predicted octanol–water partition coefficient (Wildman–Crippen LogP) is 1.33. The summed E-state index contributed by atoms with van der Waals surface area (Å²) in [6, 6.07) is 7.63. The molecule has 1 atom stereocenters. The molecule has 3 heterocycles. The average molecular weight is 438 g/mol. The van der Waals surface area contributed by atoms with Gasteiger partial charge < -0.3 is 15.0 Å². The molecule has 1 aromatic carbocycles. The van der Waals surface area contributed by atoms with Gasteiger partial charge in [0, 0.05) is 37.2 Å². The Kier molecular flexibility index (Phi) is 6.07. The number of nitrogens with zero attached hydrogens (tertiary/aromatic N) is 4. The van der Waals surface area contributed by atoms with Gasteiger partial charge in [0.15, 0.2) is 0 Å². The third kappa shape index (κ3) is 4.42. The molecule has 1 aromatic heterocycles. The summed E-state index contributed by atoms with van der Waals surface area (Å²) < 4.78 is 5.21. The highest BCUT2D eigenvalue weighted by Crippen LogP contribution is 2.33. The Morgan fingerprint density at radius 3 is 2.66 bits per heavy atom. The summed E-state index contributed by atoms with van der Waals surface area (Å²) in [5.74, 6) is 1.75. The number of ether oxygens (including phenoxy) is 1. The topological polar surface area (TPSA) is 105 Å². The van der Waals surface area contributed by atoms with Crippen molar-refractivity contribution in [2.75, 3.05) is 31.6 Å². The Bertz CT molecular complexity index is 1050. The summed E-state index contributed by atoms with van der Waals surface area (Å²) >= 11 is 0. The molecule has 9 heteroatoms. The normalized spacial score (nSPS) is 17.5. The summed E-state index contributed by atoms with van der Waals surface area (Å²) in [5.41, 5.74) is 2.66. The van der Waals surface area contributed by atoms with E-state index in [1.165, 1.54) is 6.92 Å². The minimum atomic E-state index is -0.228. The van der Waals surface area contributed by atoms with Crippen LogP contribution >= 0.6 is 0 Å². The number of rotatable bonds is 6. The first-order valence-corrected chi connectivity index (χ1v) is 10.7. The lowest BCUT2D eigenvalue weighted by atomic mass is 10.1. The molecule has 168 valence electrons. The molecule has 0 bridgehead atoms. The van der Waals surface area contributed by atoms with E-state index in [0.717, 1.165) is 29.0 Å². The van der Waals surface area contributed by atoms with Crippen LogP contribution in [0.5, 0.6) is 5.75 Å². The van der Waals surface area contributed by atoms with Gasteiger partial charge in [-0.15, -0.1) is 0 Å². The number of fused-ring (bicyclic) bond motifs is 1. The first kappa shape index (κ1) is 21.7.